The number of anilines is 1. The van der Waals surface area contributed by atoms with E-state index >= 15 is 0 Å². The molecule has 7 heteroatoms. The van der Waals surface area contributed by atoms with Gasteiger partial charge in [0.05, 0.1) is 30.7 Å². The Morgan fingerprint density at radius 3 is 1.86 bits per heavy atom. The fraction of sp³-hybridized carbons (Fsp3) is 0.241. The summed E-state index contributed by atoms with van der Waals surface area (Å²) in [5, 5.41) is 0. The lowest BCUT2D eigenvalue weighted by Gasteiger charge is -2.35. The maximum Gasteiger partial charge on any atom is 0.421 e. The lowest BCUT2D eigenvalue weighted by molar-refractivity contribution is -0.151. The molecule has 0 N–H and O–H groups in total. The lowest BCUT2D eigenvalue weighted by atomic mass is 9.67. The molecule has 1 heterocycles. The first kappa shape index (κ1) is 23.5. The van der Waals surface area contributed by atoms with E-state index in [1.807, 2.05) is 24.3 Å². The summed E-state index contributed by atoms with van der Waals surface area (Å²) in [4.78, 5) is 54.7. The zero-order valence-electron chi connectivity index (χ0n) is 20.0. The van der Waals surface area contributed by atoms with E-state index < -0.39 is 35.7 Å². The summed E-state index contributed by atoms with van der Waals surface area (Å²) in [6.07, 6.45) is -0.792. The number of hydrogen-bond donors (Lipinski definition) is 0. The molecule has 0 unspecified atom stereocenters. The van der Waals surface area contributed by atoms with Gasteiger partial charge in [0.2, 0.25) is 5.91 Å². The van der Waals surface area contributed by atoms with E-state index in [9.17, 15) is 19.2 Å². The Morgan fingerprint density at radius 1 is 0.750 bits per heavy atom. The van der Waals surface area contributed by atoms with Crippen molar-refractivity contribution in [2.75, 3.05) is 18.1 Å². The molecule has 2 aliphatic rings. The normalized spacial score (nSPS) is 17.2. The van der Waals surface area contributed by atoms with Crippen LogP contribution in [0, 0.1) is 5.92 Å². The number of fused-ring (bicyclic) bond motifs is 3. The van der Waals surface area contributed by atoms with Crippen molar-refractivity contribution >= 4 is 29.4 Å². The molecule has 0 saturated carbocycles. The number of benzene rings is 3. The number of carbonyl (C=O) groups is 4. The number of esters is 1. The Kier molecular flexibility index (Phi) is 6.14. The van der Waals surface area contributed by atoms with Crippen molar-refractivity contribution in [1.29, 1.82) is 0 Å². The van der Waals surface area contributed by atoms with Crippen LogP contribution in [-0.4, -0.2) is 37.0 Å². The second-order valence-corrected chi connectivity index (χ2v) is 8.67. The topological polar surface area (TPSA) is 90.0 Å². The number of ketones is 1. The number of amides is 2. The molecule has 0 bridgehead atoms. The molecular weight excluding hydrogens is 458 g/mol. The van der Waals surface area contributed by atoms with Crippen molar-refractivity contribution in [3.05, 3.63) is 101 Å². The van der Waals surface area contributed by atoms with Crippen LogP contribution in [0.25, 0.3) is 0 Å². The summed E-state index contributed by atoms with van der Waals surface area (Å²) in [6.45, 7) is 3.59. The number of imide groups is 1. The molecule has 0 saturated heterocycles. The van der Waals surface area contributed by atoms with Crippen LogP contribution < -0.4 is 4.90 Å². The molecule has 7 nitrogen and oxygen atoms in total. The molecule has 36 heavy (non-hydrogen) atoms. The second-order valence-electron chi connectivity index (χ2n) is 8.67. The second kappa shape index (κ2) is 9.41. The standard InChI is InChI=1S/C29H25NO6/c1-3-35-28(33)25(24-21-15-9-10-16-22(21)30(27(24)32)29(34)36-4-2)23-17-11-5-7-13-19(17)26(31)20-14-8-6-12-18(20)23/h5-16,23-25H,3-4H2,1-2H3/t24-,25-/m0/s1. The van der Waals surface area contributed by atoms with Crippen molar-refractivity contribution in [3.63, 3.8) is 0 Å². The molecule has 0 spiro atoms. The zero-order valence-corrected chi connectivity index (χ0v) is 20.0. The Bertz CT molecular complexity index is 1330. The van der Waals surface area contributed by atoms with Gasteiger partial charge in [0.1, 0.15) is 0 Å². The van der Waals surface area contributed by atoms with Crippen LogP contribution in [0.5, 0.6) is 0 Å². The minimum absolute atomic E-state index is 0.0994. The summed E-state index contributed by atoms with van der Waals surface area (Å²) >= 11 is 0. The van der Waals surface area contributed by atoms with Gasteiger partial charge in [-0.05, 0) is 36.6 Å². The Balaban J connectivity index is 1.74. The smallest absolute Gasteiger partial charge is 0.421 e. The number of carbonyl (C=O) groups excluding carboxylic acids is 4. The van der Waals surface area contributed by atoms with Crippen LogP contribution in [0.15, 0.2) is 72.8 Å². The summed E-state index contributed by atoms with van der Waals surface area (Å²) in [7, 11) is 0. The molecule has 3 aromatic carbocycles. The number of rotatable bonds is 5. The van der Waals surface area contributed by atoms with Gasteiger partial charge in [-0.25, -0.2) is 9.69 Å². The fourth-order valence-electron chi connectivity index (χ4n) is 5.42. The van der Waals surface area contributed by atoms with Crippen molar-refractivity contribution in [2.45, 2.75) is 25.7 Å². The molecule has 2 amide bonds. The fourth-order valence-corrected chi connectivity index (χ4v) is 5.42. The van der Waals surface area contributed by atoms with Gasteiger partial charge in [0.25, 0.3) is 0 Å². The largest absolute Gasteiger partial charge is 0.466 e. The van der Waals surface area contributed by atoms with Crippen LogP contribution >= 0.6 is 0 Å². The number of ether oxygens (including phenoxy) is 2. The quantitative estimate of drug-likeness (QED) is 0.483. The van der Waals surface area contributed by atoms with E-state index in [2.05, 4.69) is 0 Å². The van der Waals surface area contributed by atoms with Crippen LogP contribution in [0.1, 0.15) is 58.3 Å². The molecule has 3 aromatic rings. The van der Waals surface area contributed by atoms with Gasteiger partial charge in [0, 0.05) is 17.0 Å². The SMILES string of the molecule is CCOC(=O)[C@@H](C1c2ccccc2C(=O)c2ccccc21)[C@H]1C(=O)N(C(=O)OCC)c2ccccc21. The van der Waals surface area contributed by atoms with Crippen molar-refractivity contribution < 1.29 is 28.7 Å². The average Bonchev–Trinajstić information content (AvgIpc) is 3.18. The van der Waals surface area contributed by atoms with E-state index in [-0.39, 0.29) is 19.0 Å². The zero-order chi connectivity index (χ0) is 25.4. The molecule has 1 aliphatic carbocycles. The maximum absolute atomic E-state index is 13.9. The summed E-state index contributed by atoms with van der Waals surface area (Å²) in [5.74, 6) is -3.93. The first-order valence-electron chi connectivity index (χ1n) is 12.0. The van der Waals surface area contributed by atoms with Crippen molar-refractivity contribution in [3.8, 4) is 0 Å². The summed E-state index contributed by atoms with van der Waals surface area (Å²) < 4.78 is 10.7. The first-order chi connectivity index (χ1) is 17.5. The number of para-hydroxylation sites is 1. The Morgan fingerprint density at radius 2 is 1.28 bits per heavy atom. The first-order valence-corrected chi connectivity index (χ1v) is 12.0. The Hall–Kier alpha value is -4.26. The average molecular weight is 484 g/mol. The highest BCUT2D eigenvalue weighted by molar-refractivity contribution is 6.20. The van der Waals surface area contributed by atoms with E-state index in [1.54, 1.807) is 62.4 Å². The molecule has 1 aliphatic heterocycles. The van der Waals surface area contributed by atoms with Crippen LogP contribution in [0.2, 0.25) is 0 Å². The van der Waals surface area contributed by atoms with Gasteiger partial charge in [-0.3, -0.25) is 14.4 Å². The summed E-state index contributed by atoms with van der Waals surface area (Å²) in [6, 6.07) is 21.2. The molecule has 2 atom stereocenters. The predicted octanol–water partition coefficient (Wildman–Crippen LogP) is 4.83. The van der Waals surface area contributed by atoms with Crippen molar-refractivity contribution in [2.24, 2.45) is 5.92 Å². The molecule has 0 radical (unpaired) electrons. The monoisotopic (exact) mass is 483 g/mol. The molecular formula is C29H25NO6. The van der Waals surface area contributed by atoms with E-state index in [1.165, 1.54) is 0 Å². The van der Waals surface area contributed by atoms with Crippen LogP contribution in [-0.2, 0) is 19.1 Å². The minimum Gasteiger partial charge on any atom is -0.466 e. The molecule has 182 valence electrons. The number of hydrogen-bond acceptors (Lipinski definition) is 6. The van der Waals surface area contributed by atoms with Crippen molar-refractivity contribution in [1.82, 2.24) is 0 Å². The molecule has 5 rings (SSSR count). The van der Waals surface area contributed by atoms with Gasteiger partial charge >= 0.3 is 12.1 Å². The molecule has 0 fully saturated rings. The van der Waals surface area contributed by atoms with Crippen LogP contribution in [0.3, 0.4) is 0 Å². The van der Waals surface area contributed by atoms with Crippen LogP contribution in [0.4, 0.5) is 10.5 Å². The van der Waals surface area contributed by atoms with Gasteiger partial charge in [-0.2, -0.15) is 0 Å². The predicted molar refractivity (Wildman–Crippen MR) is 132 cm³/mol. The third-order valence-corrected chi connectivity index (χ3v) is 6.81. The highest BCUT2D eigenvalue weighted by atomic mass is 16.6. The third-order valence-electron chi connectivity index (χ3n) is 6.81. The van der Waals surface area contributed by atoms with E-state index in [0.717, 1.165) is 4.90 Å². The maximum atomic E-state index is 13.9. The third kappa shape index (κ3) is 3.59. The van der Waals surface area contributed by atoms with Gasteiger partial charge in [0.15, 0.2) is 5.78 Å². The minimum atomic E-state index is -1.02. The Labute approximate surface area is 208 Å². The van der Waals surface area contributed by atoms with Gasteiger partial charge in [-0.15, -0.1) is 0 Å². The van der Waals surface area contributed by atoms with E-state index in [4.69, 9.17) is 9.47 Å². The lowest BCUT2D eigenvalue weighted by Crippen LogP contribution is -2.41. The highest BCUT2D eigenvalue weighted by Gasteiger charge is 2.52. The van der Waals surface area contributed by atoms with Gasteiger partial charge in [-0.1, -0.05) is 66.7 Å². The van der Waals surface area contributed by atoms with E-state index in [0.29, 0.717) is 33.5 Å². The highest BCUT2D eigenvalue weighted by Crippen LogP contribution is 2.51. The van der Waals surface area contributed by atoms with Gasteiger partial charge < -0.3 is 9.47 Å². The summed E-state index contributed by atoms with van der Waals surface area (Å²) in [5.41, 5.74) is 3.19. The number of nitrogens with zero attached hydrogens (tertiary/aromatic N) is 1. The molecule has 0 aromatic heterocycles.